The smallest absolute Gasteiger partial charge is 0.291 e. The molecule has 4 aromatic rings. The maximum absolute atomic E-state index is 12.8. The fraction of sp³-hybridized carbons (Fsp3) is 0.238. The summed E-state index contributed by atoms with van der Waals surface area (Å²) in [6, 6.07) is 13.4. The van der Waals surface area contributed by atoms with E-state index in [-0.39, 0.29) is 12.4 Å². The van der Waals surface area contributed by atoms with E-state index in [1.807, 2.05) is 59.3 Å². The Balaban J connectivity index is 1.34. The number of rotatable bonds is 5. The van der Waals surface area contributed by atoms with Gasteiger partial charge in [-0.05, 0) is 30.7 Å². The van der Waals surface area contributed by atoms with E-state index in [1.54, 1.807) is 10.9 Å². The van der Waals surface area contributed by atoms with Crippen molar-refractivity contribution in [1.29, 1.82) is 0 Å². The topological polar surface area (TPSA) is 101 Å². The van der Waals surface area contributed by atoms with E-state index < -0.39 is 11.4 Å². The van der Waals surface area contributed by atoms with Gasteiger partial charge in [0.15, 0.2) is 5.82 Å². The summed E-state index contributed by atoms with van der Waals surface area (Å²) >= 11 is 0. The molecule has 0 aliphatic carbocycles. The number of fused-ring (bicyclic) bond motifs is 1. The second kappa shape index (κ2) is 7.27. The third kappa shape index (κ3) is 3.18. The molecule has 4 heterocycles. The molecule has 0 saturated carbocycles. The molecule has 1 saturated heterocycles. The SMILES string of the molecule is O=C(NC1(CO)CCN(c2nccn3cccc23)C1)c1ncn(-c2ccccc2)n1. The van der Waals surface area contributed by atoms with Crippen LogP contribution in [0, 0.1) is 0 Å². The monoisotopic (exact) mass is 403 g/mol. The lowest BCUT2D eigenvalue weighted by Gasteiger charge is -2.28. The molecule has 9 heteroatoms. The van der Waals surface area contributed by atoms with Crippen LogP contribution >= 0.6 is 0 Å². The van der Waals surface area contributed by atoms with Gasteiger partial charge in [0.1, 0.15) is 6.33 Å². The molecule has 152 valence electrons. The highest BCUT2D eigenvalue weighted by atomic mass is 16.3. The van der Waals surface area contributed by atoms with Gasteiger partial charge < -0.3 is 19.7 Å². The molecule has 3 aromatic heterocycles. The molecule has 30 heavy (non-hydrogen) atoms. The summed E-state index contributed by atoms with van der Waals surface area (Å²) in [4.78, 5) is 23.6. The van der Waals surface area contributed by atoms with Crippen LogP contribution in [0.5, 0.6) is 0 Å². The average Bonchev–Trinajstić information content (AvgIpc) is 3.53. The number of hydrogen-bond donors (Lipinski definition) is 2. The predicted octanol–water partition coefficient (Wildman–Crippen LogP) is 1.29. The normalized spacial score (nSPS) is 18.8. The number of aliphatic hydroxyl groups is 1. The lowest BCUT2D eigenvalue weighted by molar-refractivity contribution is 0.0844. The highest BCUT2D eigenvalue weighted by Gasteiger charge is 2.40. The van der Waals surface area contributed by atoms with E-state index in [0.29, 0.717) is 19.5 Å². The minimum Gasteiger partial charge on any atom is -0.394 e. The third-order valence-corrected chi connectivity index (χ3v) is 5.48. The zero-order valence-corrected chi connectivity index (χ0v) is 16.2. The first kappa shape index (κ1) is 18.3. The number of benzene rings is 1. The van der Waals surface area contributed by atoms with Crippen molar-refractivity contribution in [3.8, 4) is 5.69 Å². The van der Waals surface area contributed by atoms with Gasteiger partial charge in [-0.25, -0.2) is 14.6 Å². The fourth-order valence-corrected chi connectivity index (χ4v) is 3.89. The van der Waals surface area contributed by atoms with Gasteiger partial charge >= 0.3 is 0 Å². The van der Waals surface area contributed by atoms with Crippen molar-refractivity contribution in [1.82, 2.24) is 29.5 Å². The van der Waals surface area contributed by atoms with E-state index in [9.17, 15) is 9.90 Å². The van der Waals surface area contributed by atoms with E-state index in [4.69, 9.17) is 0 Å². The summed E-state index contributed by atoms with van der Waals surface area (Å²) in [5.41, 5.74) is 1.02. The summed E-state index contributed by atoms with van der Waals surface area (Å²) in [5, 5.41) is 17.4. The van der Waals surface area contributed by atoms with Crippen LogP contribution in [0.2, 0.25) is 0 Å². The van der Waals surface area contributed by atoms with E-state index in [1.165, 1.54) is 6.33 Å². The minimum absolute atomic E-state index is 0.0666. The van der Waals surface area contributed by atoms with Crippen molar-refractivity contribution < 1.29 is 9.90 Å². The molecule has 1 amide bonds. The molecule has 1 atom stereocenters. The van der Waals surface area contributed by atoms with E-state index >= 15 is 0 Å². The van der Waals surface area contributed by atoms with Gasteiger partial charge in [0, 0.05) is 31.7 Å². The van der Waals surface area contributed by atoms with Gasteiger partial charge in [0.25, 0.3) is 5.91 Å². The predicted molar refractivity (Wildman–Crippen MR) is 111 cm³/mol. The maximum Gasteiger partial charge on any atom is 0.291 e. The Bertz CT molecular complexity index is 1190. The molecule has 0 spiro atoms. The Morgan fingerprint density at radius 1 is 1.13 bits per heavy atom. The van der Waals surface area contributed by atoms with Crippen LogP contribution in [0.3, 0.4) is 0 Å². The number of aromatic nitrogens is 5. The van der Waals surface area contributed by atoms with Gasteiger partial charge in [-0.2, -0.15) is 0 Å². The third-order valence-electron chi connectivity index (χ3n) is 5.48. The number of amides is 1. The van der Waals surface area contributed by atoms with E-state index in [2.05, 4.69) is 25.3 Å². The Labute approximate surface area is 172 Å². The number of hydrogen-bond acceptors (Lipinski definition) is 6. The fourth-order valence-electron chi connectivity index (χ4n) is 3.89. The first-order valence-corrected chi connectivity index (χ1v) is 9.75. The van der Waals surface area contributed by atoms with Crippen molar-refractivity contribution in [2.75, 3.05) is 24.6 Å². The summed E-state index contributed by atoms with van der Waals surface area (Å²) in [7, 11) is 0. The second-order valence-corrected chi connectivity index (χ2v) is 7.46. The van der Waals surface area contributed by atoms with Crippen LogP contribution in [0.15, 0.2) is 67.4 Å². The maximum atomic E-state index is 12.8. The number of nitrogens with zero attached hydrogens (tertiary/aromatic N) is 6. The molecular weight excluding hydrogens is 382 g/mol. The molecule has 9 nitrogen and oxygen atoms in total. The molecule has 1 unspecified atom stereocenters. The van der Waals surface area contributed by atoms with Crippen molar-refractivity contribution in [3.05, 3.63) is 73.2 Å². The molecule has 1 aliphatic rings. The number of nitrogens with one attached hydrogen (secondary N) is 1. The number of aliphatic hydroxyl groups excluding tert-OH is 1. The first-order chi connectivity index (χ1) is 14.7. The van der Waals surface area contributed by atoms with Crippen molar-refractivity contribution in [2.45, 2.75) is 12.0 Å². The van der Waals surface area contributed by atoms with Crippen molar-refractivity contribution in [3.63, 3.8) is 0 Å². The van der Waals surface area contributed by atoms with Crippen LogP contribution in [0.4, 0.5) is 5.82 Å². The van der Waals surface area contributed by atoms with Crippen LogP contribution in [-0.2, 0) is 0 Å². The van der Waals surface area contributed by atoms with Gasteiger partial charge in [0.05, 0.1) is 23.3 Å². The lowest BCUT2D eigenvalue weighted by Crippen LogP contribution is -2.53. The van der Waals surface area contributed by atoms with Crippen molar-refractivity contribution in [2.24, 2.45) is 0 Å². The Morgan fingerprint density at radius 3 is 2.83 bits per heavy atom. The van der Waals surface area contributed by atoms with Crippen LogP contribution in [-0.4, -0.2) is 60.4 Å². The average molecular weight is 403 g/mol. The summed E-state index contributed by atoms with van der Waals surface area (Å²) < 4.78 is 3.55. The molecule has 5 rings (SSSR count). The Morgan fingerprint density at radius 2 is 2.00 bits per heavy atom. The van der Waals surface area contributed by atoms with Gasteiger partial charge in [-0.3, -0.25) is 4.79 Å². The number of carbonyl (C=O) groups excluding carboxylic acids is 1. The van der Waals surface area contributed by atoms with Crippen LogP contribution in [0.1, 0.15) is 17.0 Å². The van der Waals surface area contributed by atoms with Gasteiger partial charge in [-0.1, -0.05) is 18.2 Å². The van der Waals surface area contributed by atoms with Crippen molar-refractivity contribution >= 4 is 17.2 Å². The summed E-state index contributed by atoms with van der Waals surface area (Å²) in [6.07, 6.45) is 7.71. The van der Waals surface area contributed by atoms with E-state index in [0.717, 1.165) is 17.0 Å². The quantitative estimate of drug-likeness (QED) is 0.521. The Kier molecular flexibility index (Phi) is 4.44. The highest BCUT2D eigenvalue weighted by molar-refractivity contribution is 5.91. The lowest BCUT2D eigenvalue weighted by atomic mass is 10.00. The van der Waals surface area contributed by atoms with Crippen LogP contribution in [0.25, 0.3) is 11.2 Å². The molecular formula is C21H21N7O2. The molecule has 0 bridgehead atoms. The molecule has 1 aliphatic heterocycles. The molecule has 0 radical (unpaired) electrons. The largest absolute Gasteiger partial charge is 0.394 e. The van der Waals surface area contributed by atoms with Gasteiger partial charge in [0.2, 0.25) is 5.82 Å². The zero-order valence-electron chi connectivity index (χ0n) is 16.2. The summed E-state index contributed by atoms with van der Waals surface area (Å²) in [6.45, 7) is 0.940. The summed E-state index contributed by atoms with van der Waals surface area (Å²) in [5.74, 6) is 0.491. The zero-order chi connectivity index (χ0) is 20.6. The Hall–Kier alpha value is -3.72. The molecule has 2 N–H and O–H groups in total. The minimum atomic E-state index is -0.781. The second-order valence-electron chi connectivity index (χ2n) is 7.46. The number of para-hydroxylation sites is 1. The number of anilines is 1. The van der Waals surface area contributed by atoms with Crippen LogP contribution < -0.4 is 10.2 Å². The standard InChI is InChI=1S/C21H21N7O2/c29-14-21(8-11-27(13-21)19-17-7-4-10-26(17)12-9-22-19)24-20(30)18-23-15-28(25-18)16-5-2-1-3-6-16/h1-7,9-10,12,15,29H,8,11,13-14H2,(H,24,30). The molecule has 1 fully saturated rings. The highest BCUT2D eigenvalue weighted by Crippen LogP contribution is 2.28. The number of carbonyl (C=O) groups is 1. The first-order valence-electron chi connectivity index (χ1n) is 9.75. The molecule has 1 aromatic carbocycles. The van der Waals surface area contributed by atoms with Gasteiger partial charge in [-0.15, -0.1) is 5.10 Å².